The maximum Gasteiger partial charge on any atom is 0.271 e. The number of thioether (sulfide) groups is 1. The molecule has 1 atom stereocenters. The number of thiazole rings is 1. The first-order valence-electron chi connectivity index (χ1n) is 7.32. The number of nitrogens with two attached hydrogens (primary N) is 1. The minimum absolute atomic E-state index is 0.0483. The van der Waals surface area contributed by atoms with Gasteiger partial charge in [0.05, 0.1) is 11.0 Å². The van der Waals surface area contributed by atoms with E-state index in [4.69, 9.17) is 5.73 Å². The van der Waals surface area contributed by atoms with Crippen molar-refractivity contribution in [2.75, 3.05) is 12.3 Å². The van der Waals surface area contributed by atoms with Gasteiger partial charge in [-0.15, -0.1) is 23.1 Å². The molecule has 0 saturated carbocycles. The van der Waals surface area contributed by atoms with Gasteiger partial charge in [-0.05, 0) is 36.9 Å². The van der Waals surface area contributed by atoms with Crippen molar-refractivity contribution in [2.24, 2.45) is 5.73 Å². The first-order chi connectivity index (χ1) is 10.6. The lowest BCUT2D eigenvalue weighted by molar-refractivity contribution is 0.0935. The number of benzene rings is 1. The summed E-state index contributed by atoms with van der Waals surface area (Å²) in [6.45, 7) is 4.66. The van der Waals surface area contributed by atoms with Crippen molar-refractivity contribution in [1.82, 2.24) is 10.3 Å². The maximum absolute atomic E-state index is 12.2. The van der Waals surface area contributed by atoms with Gasteiger partial charge in [0.1, 0.15) is 5.69 Å². The molecule has 0 radical (unpaired) electrons. The Hall–Kier alpha value is -1.37. The molecular weight excluding hydrogens is 314 g/mol. The van der Waals surface area contributed by atoms with E-state index < -0.39 is 0 Å². The molecule has 0 aliphatic heterocycles. The van der Waals surface area contributed by atoms with Crippen molar-refractivity contribution in [3.63, 3.8) is 0 Å². The first kappa shape index (κ1) is 17.0. The van der Waals surface area contributed by atoms with Crippen molar-refractivity contribution in [3.8, 4) is 0 Å². The zero-order valence-electron chi connectivity index (χ0n) is 12.8. The van der Waals surface area contributed by atoms with Gasteiger partial charge in [0.2, 0.25) is 0 Å². The van der Waals surface area contributed by atoms with Gasteiger partial charge in [-0.1, -0.05) is 19.1 Å². The molecule has 0 aliphatic carbocycles. The van der Waals surface area contributed by atoms with Crippen LogP contribution in [0.5, 0.6) is 0 Å². The Kier molecular flexibility index (Phi) is 6.42. The molecule has 3 N–H and O–H groups in total. The van der Waals surface area contributed by atoms with Crippen LogP contribution in [-0.2, 0) is 6.42 Å². The van der Waals surface area contributed by atoms with Gasteiger partial charge < -0.3 is 11.1 Å². The molecular formula is C16H21N3OS2. The van der Waals surface area contributed by atoms with Crippen LogP contribution in [0, 0.1) is 0 Å². The zero-order chi connectivity index (χ0) is 15.9. The molecule has 1 aromatic carbocycles. The van der Waals surface area contributed by atoms with Gasteiger partial charge in [-0.25, -0.2) is 4.98 Å². The predicted molar refractivity (Wildman–Crippen MR) is 93.6 cm³/mol. The Morgan fingerprint density at radius 3 is 2.77 bits per heavy atom. The van der Waals surface area contributed by atoms with Crippen LogP contribution in [0.1, 0.15) is 40.9 Å². The number of nitrogens with zero attached hydrogens (tertiary/aromatic N) is 1. The third kappa shape index (κ3) is 4.56. The summed E-state index contributed by atoms with van der Waals surface area (Å²) in [5, 5.41) is 5.68. The lowest BCUT2D eigenvalue weighted by Crippen LogP contribution is -2.27. The Balaban J connectivity index is 1.97. The number of nitrogens with one attached hydrogen (secondary N) is 1. The zero-order valence-corrected chi connectivity index (χ0v) is 14.5. The molecule has 0 aliphatic rings. The number of carbonyl (C=O) groups excluding carboxylic acids is 1. The highest BCUT2D eigenvalue weighted by Crippen LogP contribution is 2.21. The van der Waals surface area contributed by atoms with Crippen molar-refractivity contribution < 1.29 is 4.79 Å². The van der Waals surface area contributed by atoms with E-state index in [1.807, 2.05) is 18.7 Å². The molecule has 22 heavy (non-hydrogen) atoms. The van der Waals surface area contributed by atoms with Gasteiger partial charge in [0.25, 0.3) is 5.91 Å². The van der Waals surface area contributed by atoms with Gasteiger partial charge in [-0.3, -0.25) is 4.79 Å². The number of carbonyl (C=O) groups is 1. The quantitative estimate of drug-likeness (QED) is 0.762. The highest BCUT2D eigenvalue weighted by molar-refractivity contribution is 7.99. The molecule has 0 bridgehead atoms. The van der Waals surface area contributed by atoms with Crippen LogP contribution < -0.4 is 11.1 Å². The van der Waals surface area contributed by atoms with Crippen molar-refractivity contribution in [2.45, 2.75) is 31.2 Å². The van der Waals surface area contributed by atoms with Crippen LogP contribution in [0.15, 0.2) is 34.5 Å². The van der Waals surface area contributed by atoms with Gasteiger partial charge in [0, 0.05) is 16.7 Å². The molecule has 1 heterocycles. The summed E-state index contributed by atoms with van der Waals surface area (Å²) in [5.74, 6) is 0.916. The molecule has 1 amide bonds. The Labute approximate surface area is 139 Å². The van der Waals surface area contributed by atoms with Crippen molar-refractivity contribution >= 4 is 29.0 Å². The van der Waals surface area contributed by atoms with Crippen LogP contribution in [-0.4, -0.2) is 23.2 Å². The van der Waals surface area contributed by atoms with Gasteiger partial charge >= 0.3 is 0 Å². The van der Waals surface area contributed by atoms with Crippen molar-refractivity contribution in [3.05, 3.63) is 45.9 Å². The summed E-state index contributed by atoms with van der Waals surface area (Å²) >= 11 is 3.29. The third-order valence-corrected chi connectivity index (χ3v) is 4.98. The predicted octanol–water partition coefficient (Wildman–Crippen LogP) is 3.25. The Morgan fingerprint density at radius 1 is 1.41 bits per heavy atom. The number of aromatic nitrogens is 1. The SMILES string of the molecule is CCSc1ccc(C(C)NC(=O)c2csc(CCN)n2)cc1. The fourth-order valence-corrected chi connectivity index (χ4v) is 3.48. The molecule has 2 rings (SSSR count). The summed E-state index contributed by atoms with van der Waals surface area (Å²) in [6, 6.07) is 8.25. The van der Waals surface area contributed by atoms with E-state index in [9.17, 15) is 4.79 Å². The molecule has 0 saturated heterocycles. The van der Waals surface area contributed by atoms with Gasteiger partial charge in [-0.2, -0.15) is 0 Å². The summed E-state index contributed by atoms with van der Waals surface area (Å²) in [6.07, 6.45) is 0.712. The molecule has 4 nitrogen and oxygen atoms in total. The molecule has 6 heteroatoms. The second-order valence-corrected chi connectivity index (χ2v) is 7.14. The molecule has 0 fully saturated rings. The number of amides is 1. The average Bonchev–Trinajstić information content (AvgIpc) is 2.97. The maximum atomic E-state index is 12.2. The number of hydrogen-bond donors (Lipinski definition) is 2. The molecule has 0 spiro atoms. The smallest absolute Gasteiger partial charge is 0.271 e. The first-order valence-corrected chi connectivity index (χ1v) is 9.18. The van der Waals surface area contributed by atoms with Crippen LogP contribution in [0.25, 0.3) is 0 Å². The molecule has 118 valence electrons. The highest BCUT2D eigenvalue weighted by Gasteiger charge is 2.14. The van der Waals surface area contributed by atoms with Crippen LogP contribution in [0.3, 0.4) is 0 Å². The summed E-state index contributed by atoms with van der Waals surface area (Å²) in [7, 11) is 0. The standard InChI is InChI=1S/C16H21N3OS2/c1-3-21-13-6-4-12(5-7-13)11(2)18-16(20)14-10-22-15(19-14)8-9-17/h4-7,10-11H,3,8-9,17H2,1-2H3,(H,18,20). The van der Waals surface area contributed by atoms with Gasteiger partial charge in [0.15, 0.2) is 0 Å². The fourth-order valence-electron chi connectivity index (χ4n) is 2.03. The van der Waals surface area contributed by atoms with E-state index in [-0.39, 0.29) is 11.9 Å². The topological polar surface area (TPSA) is 68.0 Å². The molecule has 1 aromatic heterocycles. The van der Waals surface area contributed by atoms with E-state index in [1.165, 1.54) is 16.2 Å². The monoisotopic (exact) mass is 335 g/mol. The second-order valence-electron chi connectivity index (χ2n) is 4.86. The minimum atomic E-state index is -0.140. The third-order valence-electron chi connectivity index (χ3n) is 3.18. The highest BCUT2D eigenvalue weighted by atomic mass is 32.2. The summed E-state index contributed by atoms with van der Waals surface area (Å²) in [5.41, 5.74) is 7.06. The molecule has 2 aromatic rings. The number of hydrogen-bond acceptors (Lipinski definition) is 5. The second kappa shape index (κ2) is 8.31. The van der Waals surface area contributed by atoms with Crippen LogP contribution in [0.4, 0.5) is 0 Å². The normalized spacial score (nSPS) is 12.1. The van der Waals surface area contributed by atoms with E-state index >= 15 is 0 Å². The average molecular weight is 335 g/mol. The van der Waals surface area contributed by atoms with Crippen molar-refractivity contribution in [1.29, 1.82) is 0 Å². The fraction of sp³-hybridized carbons (Fsp3) is 0.375. The largest absolute Gasteiger partial charge is 0.344 e. The van der Waals surface area contributed by atoms with E-state index in [2.05, 4.69) is 41.5 Å². The lowest BCUT2D eigenvalue weighted by Gasteiger charge is -2.14. The minimum Gasteiger partial charge on any atom is -0.344 e. The van der Waals surface area contributed by atoms with E-state index in [1.54, 1.807) is 5.38 Å². The van der Waals surface area contributed by atoms with E-state index in [0.29, 0.717) is 18.7 Å². The lowest BCUT2D eigenvalue weighted by atomic mass is 10.1. The van der Waals surface area contributed by atoms with Crippen LogP contribution >= 0.6 is 23.1 Å². The van der Waals surface area contributed by atoms with Crippen LogP contribution in [0.2, 0.25) is 0 Å². The Morgan fingerprint density at radius 2 is 2.14 bits per heavy atom. The molecule has 1 unspecified atom stereocenters. The summed E-state index contributed by atoms with van der Waals surface area (Å²) in [4.78, 5) is 17.8. The van der Waals surface area contributed by atoms with E-state index in [0.717, 1.165) is 16.3 Å². The number of rotatable bonds is 7. The summed E-state index contributed by atoms with van der Waals surface area (Å²) < 4.78 is 0. The Bertz CT molecular complexity index is 610.